The Labute approximate surface area is 148 Å². The lowest BCUT2D eigenvalue weighted by Crippen LogP contribution is -2.46. The minimum atomic E-state index is -0.852. The molecule has 2 N–H and O–H groups in total. The van der Waals surface area contributed by atoms with Crippen molar-refractivity contribution in [1.29, 1.82) is 0 Å². The predicted octanol–water partition coefficient (Wildman–Crippen LogP) is 3.02. The third-order valence-electron chi connectivity index (χ3n) is 4.44. The van der Waals surface area contributed by atoms with E-state index in [0.717, 1.165) is 16.7 Å². The summed E-state index contributed by atoms with van der Waals surface area (Å²) in [6.45, 7) is 1.33. The lowest BCUT2D eigenvalue weighted by molar-refractivity contribution is -0.119. The molecule has 0 bridgehead atoms. The SMILES string of the molecule is O=C(C=Cc1cccc(-c2ccccc2)c1)NCC1(O)CCOCC1. The summed E-state index contributed by atoms with van der Waals surface area (Å²) in [5, 5.41) is 13.1. The fourth-order valence-electron chi connectivity index (χ4n) is 2.86. The molecule has 2 aromatic rings. The van der Waals surface area contributed by atoms with Gasteiger partial charge in [0.1, 0.15) is 0 Å². The second-order valence-corrected chi connectivity index (χ2v) is 6.38. The molecule has 0 radical (unpaired) electrons. The van der Waals surface area contributed by atoms with Crippen molar-refractivity contribution in [2.45, 2.75) is 18.4 Å². The van der Waals surface area contributed by atoms with Crippen molar-refractivity contribution in [2.75, 3.05) is 19.8 Å². The number of hydrogen-bond acceptors (Lipinski definition) is 3. The van der Waals surface area contributed by atoms with E-state index in [0.29, 0.717) is 26.1 Å². The highest BCUT2D eigenvalue weighted by atomic mass is 16.5. The molecule has 1 saturated heterocycles. The predicted molar refractivity (Wildman–Crippen MR) is 98.9 cm³/mol. The molecule has 3 rings (SSSR count). The number of nitrogens with one attached hydrogen (secondary N) is 1. The van der Waals surface area contributed by atoms with E-state index in [-0.39, 0.29) is 12.5 Å². The normalized spacial score (nSPS) is 16.7. The van der Waals surface area contributed by atoms with E-state index in [1.165, 1.54) is 6.08 Å². The minimum Gasteiger partial charge on any atom is -0.388 e. The van der Waals surface area contributed by atoms with Crippen LogP contribution in [0.2, 0.25) is 0 Å². The number of benzene rings is 2. The van der Waals surface area contributed by atoms with Gasteiger partial charge in [0.25, 0.3) is 0 Å². The first-order valence-corrected chi connectivity index (χ1v) is 8.56. The highest BCUT2D eigenvalue weighted by Gasteiger charge is 2.29. The molecule has 0 aromatic heterocycles. The maximum atomic E-state index is 12.0. The Morgan fingerprint density at radius 1 is 1.08 bits per heavy atom. The second kappa shape index (κ2) is 8.10. The molecule has 1 fully saturated rings. The first kappa shape index (κ1) is 17.4. The Kier molecular flexibility index (Phi) is 5.64. The van der Waals surface area contributed by atoms with Gasteiger partial charge in [0.2, 0.25) is 5.91 Å². The standard InChI is InChI=1S/C21H23NO3/c23-20(22-16-21(24)11-13-25-14-12-21)10-9-17-5-4-8-19(15-17)18-6-2-1-3-7-18/h1-10,15,24H,11-14,16H2,(H,22,23). The molecule has 1 aliphatic heterocycles. The Morgan fingerprint density at radius 3 is 2.56 bits per heavy atom. The van der Waals surface area contributed by atoms with Gasteiger partial charge in [-0.1, -0.05) is 48.5 Å². The monoisotopic (exact) mass is 337 g/mol. The average molecular weight is 337 g/mol. The first-order chi connectivity index (χ1) is 12.1. The molecule has 130 valence electrons. The van der Waals surface area contributed by atoms with E-state index in [1.54, 1.807) is 6.08 Å². The van der Waals surface area contributed by atoms with Crippen LogP contribution in [0.3, 0.4) is 0 Å². The van der Waals surface area contributed by atoms with E-state index in [4.69, 9.17) is 4.74 Å². The van der Waals surface area contributed by atoms with Gasteiger partial charge in [0.05, 0.1) is 5.60 Å². The maximum Gasteiger partial charge on any atom is 0.244 e. The van der Waals surface area contributed by atoms with E-state index < -0.39 is 5.60 Å². The van der Waals surface area contributed by atoms with Gasteiger partial charge in [0, 0.05) is 38.7 Å². The molecule has 2 aromatic carbocycles. The molecular formula is C21H23NO3. The van der Waals surface area contributed by atoms with Crippen molar-refractivity contribution in [2.24, 2.45) is 0 Å². The molecule has 1 heterocycles. The fraction of sp³-hybridized carbons (Fsp3) is 0.286. The van der Waals surface area contributed by atoms with Crippen LogP contribution in [0.25, 0.3) is 17.2 Å². The van der Waals surface area contributed by atoms with Crippen molar-refractivity contribution >= 4 is 12.0 Å². The van der Waals surface area contributed by atoms with Crippen molar-refractivity contribution in [3.63, 3.8) is 0 Å². The van der Waals surface area contributed by atoms with Crippen LogP contribution in [0, 0.1) is 0 Å². The lowest BCUT2D eigenvalue weighted by Gasteiger charge is -2.31. The first-order valence-electron chi connectivity index (χ1n) is 8.56. The quantitative estimate of drug-likeness (QED) is 0.825. The van der Waals surface area contributed by atoms with Crippen LogP contribution in [-0.4, -0.2) is 36.4 Å². The van der Waals surface area contributed by atoms with Crippen LogP contribution in [0.4, 0.5) is 0 Å². The molecule has 4 nitrogen and oxygen atoms in total. The molecule has 0 spiro atoms. The number of ether oxygens (including phenoxy) is 1. The highest BCUT2D eigenvalue weighted by Crippen LogP contribution is 2.21. The zero-order valence-electron chi connectivity index (χ0n) is 14.2. The molecule has 0 atom stereocenters. The molecule has 1 aliphatic rings. The van der Waals surface area contributed by atoms with Crippen molar-refractivity contribution in [3.8, 4) is 11.1 Å². The van der Waals surface area contributed by atoms with Crippen molar-refractivity contribution < 1.29 is 14.6 Å². The molecule has 25 heavy (non-hydrogen) atoms. The highest BCUT2D eigenvalue weighted by molar-refractivity contribution is 5.91. The van der Waals surface area contributed by atoms with Gasteiger partial charge < -0.3 is 15.2 Å². The Balaban J connectivity index is 1.59. The van der Waals surface area contributed by atoms with Crippen molar-refractivity contribution in [3.05, 3.63) is 66.2 Å². The molecular weight excluding hydrogens is 314 g/mol. The van der Waals surface area contributed by atoms with Crippen LogP contribution in [-0.2, 0) is 9.53 Å². The van der Waals surface area contributed by atoms with Crippen LogP contribution in [0.5, 0.6) is 0 Å². The third kappa shape index (κ3) is 5.02. The molecule has 0 unspecified atom stereocenters. The zero-order chi connectivity index (χ0) is 17.5. The zero-order valence-corrected chi connectivity index (χ0v) is 14.2. The number of carbonyl (C=O) groups is 1. The van der Waals surface area contributed by atoms with E-state index >= 15 is 0 Å². The number of rotatable bonds is 5. The molecule has 4 heteroatoms. The minimum absolute atomic E-state index is 0.204. The summed E-state index contributed by atoms with van der Waals surface area (Å²) in [5.74, 6) is -0.204. The fourth-order valence-corrected chi connectivity index (χ4v) is 2.86. The van der Waals surface area contributed by atoms with Gasteiger partial charge in [0.15, 0.2) is 0 Å². The van der Waals surface area contributed by atoms with E-state index in [9.17, 15) is 9.90 Å². The number of carbonyl (C=O) groups excluding carboxylic acids is 1. The topological polar surface area (TPSA) is 58.6 Å². The summed E-state index contributed by atoms with van der Waals surface area (Å²) in [7, 11) is 0. The molecule has 0 aliphatic carbocycles. The maximum absolute atomic E-state index is 12.0. The Hall–Kier alpha value is -2.43. The van der Waals surface area contributed by atoms with Crippen LogP contribution in [0.15, 0.2) is 60.7 Å². The van der Waals surface area contributed by atoms with Crippen LogP contribution >= 0.6 is 0 Å². The molecule has 0 saturated carbocycles. The summed E-state index contributed by atoms with van der Waals surface area (Å²) >= 11 is 0. The van der Waals surface area contributed by atoms with Gasteiger partial charge >= 0.3 is 0 Å². The van der Waals surface area contributed by atoms with Crippen molar-refractivity contribution in [1.82, 2.24) is 5.32 Å². The Bertz CT molecular complexity index is 734. The van der Waals surface area contributed by atoms with Gasteiger partial charge in [-0.25, -0.2) is 0 Å². The van der Waals surface area contributed by atoms with E-state index in [1.807, 2.05) is 42.5 Å². The summed E-state index contributed by atoms with van der Waals surface area (Å²) in [4.78, 5) is 12.0. The van der Waals surface area contributed by atoms with Crippen LogP contribution < -0.4 is 5.32 Å². The summed E-state index contributed by atoms with van der Waals surface area (Å²) < 4.78 is 5.24. The summed E-state index contributed by atoms with van der Waals surface area (Å²) in [6, 6.07) is 18.2. The average Bonchev–Trinajstić information content (AvgIpc) is 2.66. The number of hydrogen-bond donors (Lipinski definition) is 2. The largest absolute Gasteiger partial charge is 0.388 e. The lowest BCUT2D eigenvalue weighted by atomic mass is 9.94. The van der Waals surface area contributed by atoms with Gasteiger partial charge in [-0.15, -0.1) is 0 Å². The molecule has 1 amide bonds. The van der Waals surface area contributed by atoms with E-state index in [2.05, 4.69) is 17.4 Å². The third-order valence-corrected chi connectivity index (χ3v) is 4.44. The van der Waals surface area contributed by atoms with Gasteiger partial charge in [-0.05, 0) is 28.8 Å². The second-order valence-electron chi connectivity index (χ2n) is 6.38. The smallest absolute Gasteiger partial charge is 0.244 e. The summed E-state index contributed by atoms with van der Waals surface area (Å²) in [6.07, 6.45) is 4.40. The van der Waals surface area contributed by atoms with Gasteiger partial charge in [-0.2, -0.15) is 0 Å². The number of amides is 1. The Morgan fingerprint density at radius 2 is 1.80 bits per heavy atom. The van der Waals surface area contributed by atoms with Crippen LogP contribution in [0.1, 0.15) is 18.4 Å². The number of aliphatic hydroxyl groups is 1. The van der Waals surface area contributed by atoms with Gasteiger partial charge in [-0.3, -0.25) is 4.79 Å². The summed E-state index contributed by atoms with van der Waals surface area (Å²) in [5.41, 5.74) is 2.36.